The van der Waals surface area contributed by atoms with E-state index in [9.17, 15) is 18.0 Å². The number of carbonyl (C=O) groups is 1. The van der Waals surface area contributed by atoms with Gasteiger partial charge in [-0.15, -0.1) is 0 Å². The first-order chi connectivity index (χ1) is 11.6. The number of hydrogen-bond acceptors (Lipinski definition) is 2. The SMILES string of the molecule is O=C(c1ccc(F)c(F)c1F)N1CCN(C2CCCCCC2)CC1. The normalized spacial score (nSPS) is 20.9. The van der Waals surface area contributed by atoms with Crippen LogP contribution in [0.5, 0.6) is 0 Å². The summed E-state index contributed by atoms with van der Waals surface area (Å²) in [5.41, 5.74) is -0.392. The molecule has 3 rings (SSSR count). The molecule has 24 heavy (non-hydrogen) atoms. The molecule has 0 spiro atoms. The molecular weight excluding hydrogens is 317 g/mol. The van der Waals surface area contributed by atoms with E-state index in [1.165, 1.54) is 43.4 Å². The highest BCUT2D eigenvalue weighted by molar-refractivity contribution is 5.94. The fourth-order valence-corrected chi connectivity index (χ4v) is 3.77. The molecule has 132 valence electrons. The second-order valence-electron chi connectivity index (χ2n) is 6.70. The van der Waals surface area contributed by atoms with Gasteiger partial charge in [-0.25, -0.2) is 13.2 Å². The number of carbonyl (C=O) groups excluding carboxylic acids is 1. The quantitative estimate of drug-likeness (QED) is 0.607. The van der Waals surface area contributed by atoms with Gasteiger partial charge in [0.15, 0.2) is 17.5 Å². The molecule has 1 aromatic rings. The first-order valence-corrected chi connectivity index (χ1v) is 8.74. The van der Waals surface area contributed by atoms with Gasteiger partial charge in [0.1, 0.15) is 0 Å². The van der Waals surface area contributed by atoms with Gasteiger partial charge in [-0.1, -0.05) is 25.7 Å². The van der Waals surface area contributed by atoms with E-state index in [4.69, 9.17) is 0 Å². The van der Waals surface area contributed by atoms with E-state index >= 15 is 0 Å². The van der Waals surface area contributed by atoms with E-state index in [-0.39, 0.29) is 0 Å². The lowest BCUT2D eigenvalue weighted by Gasteiger charge is -2.39. The number of halogens is 3. The van der Waals surface area contributed by atoms with E-state index < -0.39 is 28.9 Å². The average molecular weight is 340 g/mol. The number of amides is 1. The van der Waals surface area contributed by atoms with Crippen molar-refractivity contribution in [1.29, 1.82) is 0 Å². The summed E-state index contributed by atoms with van der Waals surface area (Å²) in [6.07, 6.45) is 7.50. The Morgan fingerprint density at radius 3 is 2.12 bits per heavy atom. The third kappa shape index (κ3) is 3.58. The number of piperazine rings is 1. The maximum Gasteiger partial charge on any atom is 0.257 e. The summed E-state index contributed by atoms with van der Waals surface area (Å²) in [6, 6.07) is 2.39. The number of rotatable bonds is 2. The molecule has 2 fully saturated rings. The third-order valence-corrected chi connectivity index (χ3v) is 5.21. The van der Waals surface area contributed by atoms with Crippen LogP contribution in [-0.2, 0) is 0 Å². The zero-order valence-electron chi connectivity index (χ0n) is 13.7. The third-order valence-electron chi connectivity index (χ3n) is 5.21. The molecule has 0 aromatic heterocycles. The molecule has 2 aliphatic rings. The van der Waals surface area contributed by atoms with E-state index in [2.05, 4.69) is 4.90 Å². The van der Waals surface area contributed by atoms with Gasteiger partial charge in [0, 0.05) is 32.2 Å². The fourth-order valence-electron chi connectivity index (χ4n) is 3.77. The van der Waals surface area contributed by atoms with Gasteiger partial charge in [-0.05, 0) is 25.0 Å². The van der Waals surface area contributed by atoms with Crippen LogP contribution in [-0.4, -0.2) is 47.9 Å². The lowest BCUT2D eigenvalue weighted by Crippen LogP contribution is -2.52. The summed E-state index contributed by atoms with van der Waals surface area (Å²) >= 11 is 0. The Bertz CT molecular complexity index is 592. The van der Waals surface area contributed by atoms with Crippen LogP contribution < -0.4 is 0 Å². The molecule has 1 saturated heterocycles. The Balaban J connectivity index is 1.62. The monoisotopic (exact) mass is 340 g/mol. The van der Waals surface area contributed by atoms with Gasteiger partial charge in [0.2, 0.25) is 0 Å². The van der Waals surface area contributed by atoms with Crippen LogP contribution >= 0.6 is 0 Å². The van der Waals surface area contributed by atoms with Crippen LogP contribution in [0.25, 0.3) is 0 Å². The van der Waals surface area contributed by atoms with Gasteiger partial charge in [-0.2, -0.15) is 0 Å². The number of hydrogen-bond donors (Lipinski definition) is 0. The van der Waals surface area contributed by atoms with Crippen molar-refractivity contribution in [3.63, 3.8) is 0 Å². The summed E-state index contributed by atoms with van der Waals surface area (Å²) in [5, 5.41) is 0. The lowest BCUT2D eigenvalue weighted by atomic mass is 10.1. The molecule has 1 heterocycles. The van der Waals surface area contributed by atoms with E-state index in [0.29, 0.717) is 19.1 Å². The van der Waals surface area contributed by atoms with E-state index in [0.717, 1.165) is 25.2 Å². The molecule has 0 N–H and O–H groups in total. The predicted molar refractivity (Wildman–Crippen MR) is 85.3 cm³/mol. The number of nitrogens with zero attached hydrogens (tertiary/aromatic N) is 2. The zero-order chi connectivity index (χ0) is 17.1. The maximum absolute atomic E-state index is 13.8. The molecule has 6 heteroatoms. The standard InChI is InChI=1S/C18H23F3N2O/c19-15-8-7-14(16(20)17(15)21)18(24)23-11-9-22(10-12-23)13-5-3-1-2-4-6-13/h7-8,13H,1-6,9-12H2. The van der Waals surface area contributed by atoms with Gasteiger partial charge >= 0.3 is 0 Å². The molecule has 1 aliphatic heterocycles. The Kier molecular flexibility index (Phi) is 5.43. The highest BCUT2D eigenvalue weighted by Crippen LogP contribution is 2.24. The van der Waals surface area contributed by atoms with Gasteiger partial charge in [0.05, 0.1) is 5.56 Å². The molecule has 3 nitrogen and oxygen atoms in total. The van der Waals surface area contributed by atoms with Crippen molar-refractivity contribution >= 4 is 5.91 Å². The van der Waals surface area contributed by atoms with Crippen molar-refractivity contribution in [1.82, 2.24) is 9.80 Å². The van der Waals surface area contributed by atoms with Crippen molar-refractivity contribution in [3.05, 3.63) is 35.1 Å². The average Bonchev–Trinajstić information content (AvgIpc) is 2.89. The Hall–Kier alpha value is -1.56. The second kappa shape index (κ2) is 7.55. The van der Waals surface area contributed by atoms with Crippen molar-refractivity contribution < 1.29 is 18.0 Å². The smallest absolute Gasteiger partial charge is 0.257 e. The van der Waals surface area contributed by atoms with Gasteiger partial charge in [-0.3, -0.25) is 9.69 Å². The number of benzene rings is 1. The summed E-state index contributed by atoms with van der Waals surface area (Å²) in [6.45, 7) is 2.49. The zero-order valence-corrected chi connectivity index (χ0v) is 13.7. The molecule has 1 saturated carbocycles. The van der Waals surface area contributed by atoms with Crippen molar-refractivity contribution in [2.45, 2.75) is 44.6 Å². The van der Waals surface area contributed by atoms with Crippen molar-refractivity contribution in [3.8, 4) is 0 Å². The van der Waals surface area contributed by atoms with Crippen LogP contribution in [0.1, 0.15) is 48.9 Å². The van der Waals surface area contributed by atoms with Crippen LogP contribution in [0.15, 0.2) is 12.1 Å². The molecule has 0 atom stereocenters. The Morgan fingerprint density at radius 2 is 1.50 bits per heavy atom. The molecular formula is C18H23F3N2O. The molecule has 0 bridgehead atoms. The highest BCUT2D eigenvalue weighted by Gasteiger charge is 2.29. The van der Waals surface area contributed by atoms with Crippen LogP contribution in [0, 0.1) is 17.5 Å². The van der Waals surface area contributed by atoms with E-state index in [1.807, 2.05) is 0 Å². The van der Waals surface area contributed by atoms with E-state index in [1.54, 1.807) is 0 Å². The molecule has 1 aromatic carbocycles. The first kappa shape index (κ1) is 17.3. The maximum atomic E-state index is 13.8. The first-order valence-electron chi connectivity index (χ1n) is 8.74. The topological polar surface area (TPSA) is 23.6 Å². The molecule has 1 amide bonds. The van der Waals surface area contributed by atoms with Crippen molar-refractivity contribution in [2.75, 3.05) is 26.2 Å². The summed E-state index contributed by atoms with van der Waals surface area (Å²) in [4.78, 5) is 16.3. The summed E-state index contributed by atoms with van der Waals surface area (Å²) in [7, 11) is 0. The van der Waals surface area contributed by atoms with Gasteiger partial charge < -0.3 is 4.90 Å². The van der Waals surface area contributed by atoms with Crippen molar-refractivity contribution in [2.24, 2.45) is 0 Å². The van der Waals surface area contributed by atoms with Gasteiger partial charge in [0.25, 0.3) is 5.91 Å². The largest absolute Gasteiger partial charge is 0.336 e. The predicted octanol–water partition coefficient (Wildman–Crippen LogP) is 3.58. The van der Waals surface area contributed by atoms with Crippen LogP contribution in [0.2, 0.25) is 0 Å². The van der Waals surface area contributed by atoms with Crippen LogP contribution in [0.4, 0.5) is 13.2 Å². The lowest BCUT2D eigenvalue weighted by molar-refractivity contribution is 0.0546. The molecule has 0 unspecified atom stereocenters. The highest BCUT2D eigenvalue weighted by atomic mass is 19.2. The minimum atomic E-state index is -1.59. The summed E-state index contributed by atoms with van der Waals surface area (Å²) < 4.78 is 40.1. The van der Waals surface area contributed by atoms with Crippen LogP contribution in [0.3, 0.4) is 0 Å². The minimum Gasteiger partial charge on any atom is -0.336 e. The Morgan fingerprint density at radius 1 is 0.875 bits per heavy atom. The summed E-state index contributed by atoms with van der Waals surface area (Å²) in [5.74, 6) is -4.82. The Labute approximate surface area is 140 Å². The fraction of sp³-hybridized carbons (Fsp3) is 0.611. The minimum absolute atomic E-state index is 0.392. The molecule has 0 radical (unpaired) electrons. The second-order valence-corrected chi connectivity index (χ2v) is 6.70. The molecule has 1 aliphatic carbocycles.